The van der Waals surface area contributed by atoms with Gasteiger partial charge in [-0.25, -0.2) is 0 Å². The van der Waals surface area contributed by atoms with E-state index in [1.807, 2.05) is 0 Å². The highest BCUT2D eigenvalue weighted by Crippen LogP contribution is 2.12. The quantitative estimate of drug-likeness (QED) is 0.720. The maximum absolute atomic E-state index is 11.3. The van der Waals surface area contributed by atoms with Crippen molar-refractivity contribution in [2.24, 2.45) is 0 Å². The Morgan fingerprint density at radius 2 is 1.83 bits per heavy atom. The van der Waals surface area contributed by atoms with E-state index in [4.69, 9.17) is 23.2 Å². The second-order valence-corrected chi connectivity index (χ2v) is 4.58. The fourth-order valence-corrected chi connectivity index (χ4v) is 2.14. The van der Waals surface area contributed by atoms with Gasteiger partial charge in [0.25, 0.3) is 0 Å². The highest BCUT2D eigenvalue weighted by molar-refractivity contribution is 7.85. The third-order valence-corrected chi connectivity index (χ3v) is 3.38. The SMILES string of the molecule is O=S(CCCl)c1ccc(Cl)cc1. The Balaban J connectivity index is 2.75. The van der Waals surface area contributed by atoms with Crippen LogP contribution in [-0.4, -0.2) is 15.8 Å². The lowest BCUT2D eigenvalue weighted by atomic mass is 10.4. The molecule has 0 amide bonds. The summed E-state index contributed by atoms with van der Waals surface area (Å²) in [5.74, 6) is 0.901. The highest BCUT2D eigenvalue weighted by atomic mass is 35.5. The van der Waals surface area contributed by atoms with E-state index < -0.39 is 10.8 Å². The topological polar surface area (TPSA) is 17.1 Å². The number of rotatable bonds is 3. The zero-order chi connectivity index (χ0) is 8.97. The summed E-state index contributed by atoms with van der Waals surface area (Å²) in [5.41, 5.74) is 0. The molecule has 0 fully saturated rings. The second kappa shape index (κ2) is 4.85. The van der Waals surface area contributed by atoms with Gasteiger partial charge in [0.2, 0.25) is 0 Å². The lowest BCUT2D eigenvalue weighted by Crippen LogP contribution is -1.98. The van der Waals surface area contributed by atoms with Crippen LogP contribution in [-0.2, 0) is 10.8 Å². The molecule has 12 heavy (non-hydrogen) atoms. The maximum Gasteiger partial charge on any atom is 0.0541 e. The van der Waals surface area contributed by atoms with Gasteiger partial charge in [0.1, 0.15) is 0 Å². The van der Waals surface area contributed by atoms with Crippen molar-refractivity contribution in [3.63, 3.8) is 0 Å². The molecule has 1 aromatic carbocycles. The van der Waals surface area contributed by atoms with Gasteiger partial charge in [0.05, 0.1) is 10.8 Å². The summed E-state index contributed by atoms with van der Waals surface area (Å²) in [6, 6.07) is 6.96. The largest absolute Gasteiger partial charge is 0.254 e. The molecular weight excluding hydrogens is 215 g/mol. The van der Waals surface area contributed by atoms with Crippen molar-refractivity contribution in [2.75, 3.05) is 11.6 Å². The molecule has 0 saturated carbocycles. The van der Waals surface area contributed by atoms with Crippen molar-refractivity contribution in [3.8, 4) is 0 Å². The minimum atomic E-state index is -0.982. The molecule has 0 aliphatic rings. The molecule has 1 rings (SSSR count). The van der Waals surface area contributed by atoms with Crippen LogP contribution in [0.25, 0.3) is 0 Å². The first-order chi connectivity index (χ1) is 5.74. The smallest absolute Gasteiger partial charge is 0.0541 e. The molecule has 1 atom stereocenters. The monoisotopic (exact) mass is 222 g/mol. The van der Waals surface area contributed by atoms with Crippen LogP contribution >= 0.6 is 23.2 Å². The van der Waals surface area contributed by atoms with Gasteiger partial charge in [-0.3, -0.25) is 4.21 Å². The van der Waals surface area contributed by atoms with E-state index in [2.05, 4.69) is 0 Å². The number of hydrogen-bond donors (Lipinski definition) is 0. The normalized spacial score (nSPS) is 12.8. The first-order valence-electron chi connectivity index (χ1n) is 3.44. The van der Waals surface area contributed by atoms with E-state index in [-0.39, 0.29) is 0 Å². The second-order valence-electron chi connectivity index (χ2n) is 2.19. The molecule has 0 heterocycles. The van der Waals surface area contributed by atoms with Crippen molar-refractivity contribution in [1.82, 2.24) is 0 Å². The molecule has 4 heteroatoms. The fraction of sp³-hybridized carbons (Fsp3) is 0.250. The molecule has 0 spiro atoms. The molecule has 0 radical (unpaired) electrons. The molecule has 1 unspecified atom stereocenters. The van der Waals surface area contributed by atoms with Gasteiger partial charge in [-0.05, 0) is 24.3 Å². The van der Waals surface area contributed by atoms with Crippen LogP contribution in [0.15, 0.2) is 29.2 Å². The Hall–Kier alpha value is -0.0500. The van der Waals surface area contributed by atoms with Crippen LogP contribution in [0.2, 0.25) is 5.02 Å². The number of benzene rings is 1. The number of hydrogen-bond acceptors (Lipinski definition) is 1. The van der Waals surface area contributed by atoms with Crippen molar-refractivity contribution >= 4 is 34.0 Å². The Morgan fingerprint density at radius 3 is 2.33 bits per heavy atom. The van der Waals surface area contributed by atoms with Crippen LogP contribution in [0.5, 0.6) is 0 Å². The van der Waals surface area contributed by atoms with Gasteiger partial charge in [0, 0.05) is 21.6 Å². The first kappa shape index (κ1) is 10.0. The molecule has 0 aliphatic carbocycles. The van der Waals surface area contributed by atoms with Gasteiger partial charge >= 0.3 is 0 Å². The third kappa shape index (κ3) is 2.77. The summed E-state index contributed by atoms with van der Waals surface area (Å²) in [4.78, 5) is 0.778. The predicted octanol–water partition coefficient (Wildman–Crippen LogP) is 2.69. The summed E-state index contributed by atoms with van der Waals surface area (Å²) in [6.07, 6.45) is 0. The molecular formula is C8H8Cl2OS. The molecule has 0 saturated heterocycles. The standard InChI is InChI=1S/C8H8Cl2OS/c9-5-6-12(11)8-3-1-7(10)2-4-8/h1-4H,5-6H2. The summed E-state index contributed by atoms with van der Waals surface area (Å²) in [7, 11) is -0.982. The minimum Gasteiger partial charge on any atom is -0.254 e. The van der Waals surface area contributed by atoms with E-state index in [0.717, 1.165) is 4.90 Å². The van der Waals surface area contributed by atoms with E-state index in [1.165, 1.54) is 0 Å². The molecule has 1 nitrogen and oxygen atoms in total. The Kier molecular flexibility index (Phi) is 4.06. The highest BCUT2D eigenvalue weighted by Gasteiger charge is 2.01. The lowest BCUT2D eigenvalue weighted by Gasteiger charge is -1.98. The summed E-state index contributed by atoms with van der Waals surface area (Å²) in [6.45, 7) is 0. The van der Waals surface area contributed by atoms with Gasteiger partial charge in [-0.15, -0.1) is 11.6 Å². The van der Waals surface area contributed by atoms with Crippen LogP contribution in [0.1, 0.15) is 0 Å². The molecule has 66 valence electrons. The zero-order valence-corrected chi connectivity index (χ0v) is 8.62. The van der Waals surface area contributed by atoms with Crippen molar-refractivity contribution < 1.29 is 4.21 Å². The third-order valence-electron chi connectivity index (χ3n) is 1.34. The summed E-state index contributed by atoms with van der Waals surface area (Å²) < 4.78 is 11.3. The molecule has 0 N–H and O–H groups in total. The molecule has 1 aromatic rings. The van der Waals surface area contributed by atoms with E-state index in [0.29, 0.717) is 16.7 Å². The zero-order valence-electron chi connectivity index (χ0n) is 6.30. The molecule has 0 aromatic heterocycles. The van der Waals surface area contributed by atoms with Gasteiger partial charge in [-0.2, -0.15) is 0 Å². The molecule has 0 aliphatic heterocycles. The van der Waals surface area contributed by atoms with Crippen molar-refractivity contribution in [2.45, 2.75) is 4.90 Å². The van der Waals surface area contributed by atoms with Gasteiger partial charge < -0.3 is 0 Å². The van der Waals surface area contributed by atoms with E-state index in [9.17, 15) is 4.21 Å². The minimum absolute atomic E-state index is 0.412. The summed E-state index contributed by atoms with van der Waals surface area (Å²) >= 11 is 11.1. The molecule has 0 bridgehead atoms. The average Bonchev–Trinajstić information content (AvgIpc) is 2.06. The van der Waals surface area contributed by atoms with Crippen LogP contribution in [0.3, 0.4) is 0 Å². The Bertz CT molecular complexity index is 271. The number of halogens is 2. The van der Waals surface area contributed by atoms with Crippen molar-refractivity contribution in [1.29, 1.82) is 0 Å². The number of alkyl halides is 1. The lowest BCUT2D eigenvalue weighted by molar-refractivity contribution is 0.684. The van der Waals surface area contributed by atoms with Gasteiger partial charge in [-0.1, -0.05) is 11.6 Å². The summed E-state index contributed by atoms with van der Waals surface area (Å²) in [5, 5.41) is 0.654. The Morgan fingerprint density at radius 1 is 1.25 bits per heavy atom. The first-order valence-corrected chi connectivity index (χ1v) is 5.67. The van der Waals surface area contributed by atoms with Crippen LogP contribution in [0, 0.1) is 0 Å². The predicted molar refractivity (Wildman–Crippen MR) is 53.4 cm³/mol. The van der Waals surface area contributed by atoms with Crippen LogP contribution < -0.4 is 0 Å². The van der Waals surface area contributed by atoms with E-state index >= 15 is 0 Å². The Labute approximate surface area is 84.1 Å². The van der Waals surface area contributed by atoms with Crippen LogP contribution in [0.4, 0.5) is 0 Å². The fourth-order valence-electron chi connectivity index (χ4n) is 0.774. The average molecular weight is 223 g/mol. The van der Waals surface area contributed by atoms with Crippen molar-refractivity contribution in [3.05, 3.63) is 29.3 Å². The maximum atomic E-state index is 11.3. The van der Waals surface area contributed by atoms with E-state index in [1.54, 1.807) is 24.3 Å². The van der Waals surface area contributed by atoms with Gasteiger partial charge in [0.15, 0.2) is 0 Å².